The van der Waals surface area contributed by atoms with Crippen LogP contribution in [0.15, 0.2) is 0 Å². The second-order valence-electron chi connectivity index (χ2n) is 2.71. The predicted octanol–water partition coefficient (Wildman–Crippen LogP) is 0.593. The fourth-order valence-corrected chi connectivity index (χ4v) is 1.28. The van der Waals surface area contributed by atoms with E-state index in [0.29, 0.717) is 17.5 Å². The highest BCUT2D eigenvalue weighted by Gasteiger charge is 2.03. The first-order valence-corrected chi connectivity index (χ1v) is 5.34. The number of thioether (sulfide) groups is 1. The number of nitrogens with two attached hydrogens (primary N) is 1. The molecule has 0 radical (unpaired) electrons. The maximum absolute atomic E-state index is 11.0. The summed E-state index contributed by atoms with van der Waals surface area (Å²) in [6.07, 6.45) is 0.989. The van der Waals surface area contributed by atoms with Gasteiger partial charge in [-0.1, -0.05) is 13.8 Å². The Morgan fingerprint density at radius 2 is 2.33 bits per heavy atom. The number of hydrogen-bond donors (Lipinski definition) is 2. The Hall–Kier alpha value is -0.220. The number of carbonyl (C=O) groups is 1. The maximum Gasteiger partial charge on any atom is 0.230 e. The summed E-state index contributed by atoms with van der Waals surface area (Å²) in [5, 5.41) is 3.18. The molecule has 0 saturated heterocycles. The third kappa shape index (κ3) is 6.49. The number of rotatable bonds is 6. The molecule has 72 valence electrons. The zero-order chi connectivity index (χ0) is 9.40. The van der Waals surface area contributed by atoms with Gasteiger partial charge >= 0.3 is 0 Å². The van der Waals surface area contributed by atoms with Gasteiger partial charge < -0.3 is 11.1 Å². The third-order valence-corrected chi connectivity index (χ3v) is 2.59. The Kier molecular flexibility index (Phi) is 7.29. The second kappa shape index (κ2) is 7.43. The van der Waals surface area contributed by atoms with Crippen molar-refractivity contribution in [2.45, 2.75) is 25.5 Å². The quantitative estimate of drug-likeness (QED) is 0.644. The molecule has 0 aromatic heterocycles. The molecule has 0 aliphatic carbocycles. The van der Waals surface area contributed by atoms with E-state index < -0.39 is 0 Å². The SMILES string of the molecule is CCCNC(=O)CSC(C)CN. The zero-order valence-electron chi connectivity index (χ0n) is 7.80. The van der Waals surface area contributed by atoms with E-state index in [1.54, 1.807) is 11.8 Å². The van der Waals surface area contributed by atoms with Gasteiger partial charge in [-0.2, -0.15) is 0 Å². The summed E-state index contributed by atoms with van der Waals surface area (Å²) in [4.78, 5) is 11.0. The van der Waals surface area contributed by atoms with Crippen molar-refractivity contribution in [1.29, 1.82) is 0 Å². The van der Waals surface area contributed by atoms with Crippen LogP contribution in [0.1, 0.15) is 20.3 Å². The molecular weight excluding hydrogens is 172 g/mol. The Labute approximate surface area is 78.5 Å². The summed E-state index contributed by atoms with van der Waals surface area (Å²) in [5.74, 6) is 0.639. The molecule has 0 heterocycles. The number of nitrogens with one attached hydrogen (secondary N) is 1. The minimum atomic E-state index is 0.113. The predicted molar refractivity (Wildman–Crippen MR) is 54.3 cm³/mol. The Balaban J connectivity index is 3.31. The average molecular weight is 190 g/mol. The van der Waals surface area contributed by atoms with Crippen LogP contribution >= 0.6 is 11.8 Å². The van der Waals surface area contributed by atoms with Crippen LogP contribution in [0.2, 0.25) is 0 Å². The van der Waals surface area contributed by atoms with Crippen LogP contribution in [-0.4, -0.2) is 30.0 Å². The highest BCUT2D eigenvalue weighted by molar-refractivity contribution is 8.00. The van der Waals surface area contributed by atoms with Crippen LogP contribution in [0.25, 0.3) is 0 Å². The number of carbonyl (C=O) groups excluding carboxylic acids is 1. The molecule has 0 aliphatic heterocycles. The second-order valence-corrected chi connectivity index (χ2v) is 4.13. The summed E-state index contributed by atoms with van der Waals surface area (Å²) in [6, 6.07) is 0. The number of amides is 1. The molecule has 3 N–H and O–H groups in total. The van der Waals surface area contributed by atoms with Crippen molar-refractivity contribution >= 4 is 17.7 Å². The van der Waals surface area contributed by atoms with Gasteiger partial charge in [0, 0.05) is 18.3 Å². The summed E-state index contributed by atoms with van der Waals surface area (Å²) in [5.41, 5.74) is 5.41. The van der Waals surface area contributed by atoms with Crippen LogP contribution in [0.5, 0.6) is 0 Å². The van der Waals surface area contributed by atoms with Gasteiger partial charge in [-0.3, -0.25) is 4.79 Å². The van der Waals surface area contributed by atoms with E-state index in [1.807, 2.05) is 13.8 Å². The monoisotopic (exact) mass is 190 g/mol. The van der Waals surface area contributed by atoms with Gasteiger partial charge in [0.2, 0.25) is 5.91 Å². The highest BCUT2D eigenvalue weighted by atomic mass is 32.2. The molecule has 12 heavy (non-hydrogen) atoms. The molecule has 0 bridgehead atoms. The highest BCUT2D eigenvalue weighted by Crippen LogP contribution is 2.07. The van der Waals surface area contributed by atoms with Crippen molar-refractivity contribution in [3.8, 4) is 0 Å². The van der Waals surface area contributed by atoms with Crippen molar-refractivity contribution in [3.63, 3.8) is 0 Å². The van der Waals surface area contributed by atoms with Gasteiger partial charge in [-0.25, -0.2) is 0 Å². The summed E-state index contributed by atoms with van der Waals surface area (Å²) in [6.45, 7) is 5.47. The molecule has 3 nitrogen and oxygen atoms in total. The van der Waals surface area contributed by atoms with E-state index in [0.717, 1.165) is 13.0 Å². The van der Waals surface area contributed by atoms with E-state index >= 15 is 0 Å². The summed E-state index contributed by atoms with van der Waals surface area (Å²) >= 11 is 1.60. The molecule has 0 spiro atoms. The lowest BCUT2D eigenvalue weighted by Crippen LogP contribution is -2.27. The number of hydrogen-bond acceptors (Lipinski definition) is 3. The van der Waals surface area contributed by atoms with Gasteiger partial charge in [0.1, 0.15) is 0 Å². The van der Waals surface area contributed by atoms with Crippen molar-refractivity contribution in [2.24, 2.45) is 5.73 Å². The largest absolute Gasteiger partial charge is 0.355 e. The Bertz CT molecular complexity index is 130. The average Bonchev–Trinajstić information content (AvgIpc) is 2.10. The van der Waals surface area contributed by atoms with E-state index in [4.69, 9.17) is 5.73 Å². The van der Waals surface area contributed by atoms with Gasteiger partial charge in [0.15, 0.2) is 0 Å². The van der Waals surface area contributed by atoms with Crippen molar-refractivity contribution in [1.82, 2.24) is 5.32 Å². The van der Waals surface area contributed by atoms with Crippen molar-refractivity contribution in [3.05, 3.63) is 0 Å². The summed E-state index contributed by atoms with van der Waals surface area (Å²) in [7, 11) is 0. The summed E-state index contributed by atoms with van der Waals surface area (Å²) < 4.78 is 0. The smallest absolute Gasteiger partial charge is 0.230 e. The minimum absolute atomic E-state index is 0.113. The third-order valence-electron chi connectivity index (χ3n) is 1.40. The molecule has 4 heteroatoms. The molecule has 0 aromatic rings. The van der Waals surface area contributed by atoms with E-state index in [1.165, 1.54) is 0 Å². The fourth-order valence-electron chi connectivity index (χ4n) is 0.601. The van der Waals surface area contributed by atoms with Gasteiger partial charge in [-0.15, -0.1) is 11.8 Å². The van der Waals surface area contributed by atoms with E-state index in [-0.39, 0.29) is 5.91 Å². The van der Waals surface area contributed by atoms with Crippen LogP contribution in [0.3, 0.4) is 0 Å². The first-order valence-electron chi connectivity index (χ1n) is 4.29. The van der Waals surface area contributed by atoms with Crippen LogP contribution < -0.4 is 11.1 Å². The lowest BCUT2D eigenvalue weighted by Gasteiger charge is -2.07. The van der Waals surface area contributed by atoms with Gasteiger partial charge in [0.05, 0.1) is 5.75 Å². The first-order chi connectivity index (χ1) is 5.70. The maximum atomic E-state index is 11.0. The molecule has 1 amide bonds. The van der Waals surface area contributed by atoms with Crippen LogP contribution in [-0.2, 0) is 4.79 Å². The zero-order valence-corrected chi connectivity index (χ0v) is 8.62. The molecule has 1 atom stereocenters. The van der Waals surface area contributed by atoms with Crippen molar-refractivity contribution in [2.75, 3.05) is 18.8 Å². The molecule has 0 saturated carbocycles. The minimum Gasteiger partial charge on any atom is -0.355 e. The fraction of sp³-hybridized carbons (Fsp3) is 0.875. The van der Waals surface area contributed by atoms with E-state index in [9.17, 15) is 4.79 Å². The standard InChI is InChI=1S/C8H18N2OS/c1-3-4-10-8(11)6-12-7(2)5-9/h7H,3-6,9H2,1-2H3,(H,10,11). The lowest BCUT2D eigenvalue weighted by atomic mass is 10.5. The first kappa shape index (κ1) is 11.8. The Morgan fingerprint density at radius 1 is 1.67 bits per heavy atom. The normalized spacial score (nSPS) is 12.6. The molecule has 0 fully saturated rings. The molecule has 0 rings (SSSR count). The molecule has 0 aromatic carbocycles. The van der Waals surface area contributed by atoms with Crippen LogP contribution in [0.4, 0.5) is 0 Å². The van der Waals surface area contributed by atoms with Gasteiger partial charge in [-0.05, 0) is 6.42 Å². The lowest BCUT2D eigenvalue weighted by molar-refractivity contribution is -0.118. The van der Waals surface area contributed by atoms with E-state index in [2.05, 4.69) is 5.32 Å². The van der Waals surface area contributed by atoms with Crippen LogP contribution in [0, 0.1) is 0 Å². The molecular formula is C8H18N2OS. The Morgan fingerprint density at radius 3 is 2.83 bits per heavy atom. The molecule has 0 aliphatic rings. The van der Waals surface area contributed by atoms with Gasteiger partial charge in [0.25, 0.3) is 0 Å². The topological polar surface area (TPSA) is 55.1 Å². The van der Waals surface area contributed by atoms with Crippen molar-refractivity contribution < 1.29 is 4.79 Å². The molecule has 1 unspecified atom stereocenters.